The summed E-state index contributed by atoms with van der Waals surface area (Å²) in [5, 5.41) is 10.7. The van der Waals surface area contributed by atoms with Gasteiger partial charge in [-0.15, -0.1) is 0 Å². The Bertz CT molecular complexity index is 2270. The number of para-hydroxylation sites is 1. The number of pyridine rings is 1. The number of amides is 2. The van der Waals surface area contributed by atoms with E-state index in [1.165, 1.54) is 0 Å². The van der Waals surface area contributed by atoms with Gasteiger partial charge in [0, 0.05) is 35.3 Å². The number of benzene rings is 5. The molecule has 0 bridgehead atoms. The van der Waals surface area contributed by atoms with Crippen LogP contribution in [0.3, 0.4) is 0 Å². The molecule has 0 saturated heterocycles. The summed E-state index contributed by atoms with van der Waals surface area (Å²) in [7, 11) is -2.23. The van der Waals surface area contributed by atoms with E-state index in [1.807, 2.05) is 115 Å². The van der Waals surface area contributed by atoms with Crippen molar-refractivity contribution in [3.8, 4) is 16.9 Å². The van der Waals surface area contributed by atoms with Crippen LogP contribution < -0.4 is 26.2 Å². The van der Waals surface area contributed by atoms with Crippen LogP contribution in [0.1, 0.15) is 50.5 Å². The maximum Gasteiger partial charge on any atom is 0.323 e. The molecule has 0 spiro atoms. The van der Waals surface area contributed by atoms with Gasteiger partial charge in [-0.2, -0.15) is 0 Å². The first-order valence-electron chi connectivity index (χ1n) is 18.9. The molecule has 0 aliphatic heterocycles. The first-order valence-corrected chi connectivity index (χ1v) is 21.8. The van der Waals surface area contributed by atoms with E-state index in [0.717, 1.165) is 45.3 Å². The molecule has 9 heteroatoms. The van der Waals surface area contributed by atoms with Gasteiger partial charge in [-0.25, -0.2) is 4.79 Å². The molecule has 2 atom stereocenters. The zero-order valence-corrected chi connectivity index (χ0v) is 33.6. The fourth-order valence-corrected chi connectivity index (χ4v) is 7.66. The first-order chi connectivity index (χ1) is 26.4. The molecule has 0 aliphatic carbocycles. The third-order valence-corrected chi connectivity index (χ3v) is 14.8. The van der Waals surface area contributed by atoms with Gasteiger partial charge in [-0.05, 0) is 84.1 Å². The lowest BCUT2D eigenvalue weighted by Crippen LogP contribution is -2.44. The molecular formula is C46H52N4O4Si. The summed E-state index contributed by atoms with van der Waals surface area (Å²) in [6.07, 6.45) is 0.455. The molecule has 1 aromatic heterocycles. The fraction of sp³-hybridized carbons (Fsp3) is 0.261. The maximum atomic E-state index is 13.2. The van der Waals surface area contributed by atoms with E-state index in [-0.39, 0.29) is 28.8 Å². The quantitative estimate of drug-likeness (QED) is 0.0830. The van der Waals surface area contributed by atoms with Gasteiger partial charge in [0.1, 0.15) is 12.4 Å². The van der Waals surface area contributed by atoms with Crippen molar-refractivity contribution in [1.29, 1.82) is 0 Å². The minimum Gasteiger partial charge on any atom is -0.487 e. The number of fused-ring (bicyclic) bond motifs is 1. The molecular weight excluding hydrogens is 701 g/mol. The van der Waals surface area contributed by atoms with Crippen molar-refractivity contribution in [2.45, 2.75) is 71.0 Å². The van der Waals surface area contributed by atoms with Gasteiger partial charge < -0.3 is 30.1 Å². The minimum absolute atomic E-state index is 0.0108. The molecule has 1 unspecified atom stereocenters. The van der Waals surface area contributed by atoms with Crippen LogP contribution in [0.5, 0.6) is 5.75 Å². The molecule has 0 radical (unpaired) electrons. The van der Waals surface area contributed by atoms with E-state index in [0.29, 0.717) is 30.1 Å². The highest BCUT2D eigenvalue weighted by Gasteiger charge is 2.40. The number of aromatic amines is 1. The number of H-pyrrole nitrogens is 1. The molecule has 6 aromatic rings. The zero-order chi connectivity index (χ0) is 39.0. The Kier molecular flexibility index (Phi) is 12.4. The van der Waals surface area contributed by atoms with Crippen LogP contribution >= 0.6 is 0 Å². The van der Waals surface area contributed by atoms with Gasteiger partial charge in [0.05, 0.1) is 17.3 Å². The topological polar surface area (TPSA) is 104 Å². The smallest absolute Gasteiger partial charge is 0.323 e. The van der Waals surface area contributed by atoms with Gasteiger partial charge in [0.15, 0.2) is 8.32 Å². The van der Waals surface area contributed by atoms with Gasteiger partial charge in [-0.3, -0.25) is 4.79 Å². The third-order valence-electron chi connectivity index (χ3n) is 10.4. The number of carbonyl (C=O) groups excluding carboxylic acids is 1. The second-order valence-electron chi connectivity index (χ2n) is 15.6. The van der Waals surface area contributed by atoms with E-state index in [4.69, 9.17) is 9.16 Å². The summed E-state index contributed by atoms with van der Waals surface area (Å²) in [4.78, 5) is 28.8. The normalized spacial score (nSPS) is 12.9. The number of anilines is 2. The Morgan fingerprint density at radius 2 is 1.47 bits per heavy atom. The molecule has 5 aromatic carbocycles. The molecule has 0 fully saturated rings. The number of hydrogen-bond acceptors (Lipinski definition) is 5. The van der Waals surface area contributed by atoms with Gasteiger partial charge >= 0.3 is 6.03 Å². The summed E-state index contributed by atoms with van der Waals surface area (Å²) in [5.41, 5.74) is 7.05. The molecule has 284 valence electrons. The van der Waals surface area contributed by atoms with Gasteiger partial charge in [0.2, 0.25) is 5.56 Å². The highest BCUT2D eigenvalue weighted by Crippen LogP contribution is 2.41. The molecule has 6 rings (SSSR count). The van der Waals surface area contributed by atoms with Crippen molar-refractivity contribution in [3.63, 3.8) is 0 Å². The number of rotatable bonds is 14. The van der Waals surface area contributed by atoms with E-state index in [2.05, 4.69) is 73.9 Å². The lowest BCUT2D eigenvalue weighted by atomic mass is 10.0. The predicted octanol–water partition coefficient (Wildman–Crippen LogP) is 10.7. The monoisotopic (exact) mass is 752 g/mol. The average Bonchev–Trinajstić information content (AvgIpc) is 3.16. The molecule has 1 heterocycles. The Morgan fingerprint density at radius 3 is 2.22 bits per heavy atom. The summed E-state index contributed by atoms with van der Waals surface area (Å²) >= 11 is 0. The molecule has 0 saturated carbocycles. The highest BCUT2D eigenvalue weighted by molar-refractivity contribution is 6.74. The van der Waals surface area contributed by atoms with E-state index < -0.39 is 8.32 Å². The lowest BCUT2D eigenvalue weighted by molar-refractivity contribution is 0.177. The van der Waals surface area contributed by atoms with E-state index in [9.17, 15) is 9.59 Å². The first kappa shape index (κ1) is 39.2. The number of urea groups is 1. The fourth-order valence-electron chi connectivity index (χ4n) is 6.39. The molecule has 55 heavy (non-hydrogen) atoms. The Balaban J connectivity index is 1.16. The number of aromatic nitrogens is 1. The maximum absolute atomic E-state index is 13.2. The third kappa shape index (κ3) is 10.2. The van der Waals surface area contributed by atoms with Crippen molar-refractivity contribution in [1.82, 2.24) is 10.3 Å². The molecule has 4 N–H and O–H groups in total. The number of hydrogen-bond donors (Lipinski definition) is 4. The second kappa shape index (κ2) is 17.3. The Morgan fingerprint density at radius 1 is 0.782 bits per heavy atom. The van der Waals surface area contributed by atoms with Crippen LogP contribution in [-0.2, 0) is 17.5 Å². The van der Waals surface area contributed by atoms with Crippen LogP contribution in [-0.4, -0.2) is 31.9 Å². The van der Waals surface area contributed by atoms with Crippen molar-refractivity contribution in [3.05, 3.63) is 161 Å². The SMILES string of the molecule is CC(Cc1cccc(NC(=O)Nc2ccccc2-c2ccccc2)c1)NC[C@@H](O[Si](C)(C)C(C)(C)C)c1ccc(OCc2ccccc2)c2[nH]c(=O)ccc12. The standard InChI is InChI=1S/C46H52N4O4Si/c1-32(28-34-18-15-21-36(29-34)48-45(52)49-40-23-14-13-22-37(40)35-19-11-8-12-20-35)47-30-42(54-55(5,6)46(2,3)4)38-24-26-41(44-39(38)25-27-43(51)50-44)53-31-33-16-9-7-10-17-33/h7-27,29,32,42,47H,28,30-31H2,1-6H3,(H,50,51)(H2,48,49,52)/t32?,42-/m1/s1. The van der Waals surface area contributed by atoms with Crippen LogP contribution in [0, 0.1) is 0 Å². The number of ether oxygens (including phenoxy) is 1. The summed E-state index contributed by atoms with van der Waals surface area (Å²) in [5.74, 6) is 0.621. The second-order valence-corrected chi connectivity index (χ2v) is 20.4. The predicted molar refractivity (Wildman–Crippen MR) is 228 cm³/mol. The number of carbonyl (C=O) groups is 1. The van der Waals surface area contributed by atoms with Crippen molar-refractivity contribution in [2.24, 2.45) is 0 Å². The van der Waals surface area contributed by atoms with Gasteiger partial charge in [0.25, 0.3) is 0 Å². The average molecular weight is 753 g/mol. The van der Waals surface area contributed by atoms with Gasteiger partial charge in [-0.1, -0.05) is 118 Å². The Labute approximate surface area is 325 Å². The minimum atomic E-state index is -2.23. The highest BCUT2D eigenvalue weighted by atomic mass is 28.4. The Hall–Kier alpha value is -5.48. The number of nitrogens with one attached hydrogen (secondary N) is 4. The lowest BCUT2D eigenvalue weighted by Gasteiger charge is -2.40. The van der Waals surface area contributed by atoms with Crippen LogP contribution in [0.2, 0.25) is 18.1 Å². The van der Waals surface area contributed by atoms with Crippen molar-refractivity contribution < 1.29 is 14.0 Å². The molecule has 0 aliphatic rings. The summed E-state index contributed by atoms with van der Waals surface area (Å²) in [6.45, 7) is 14.4. The van der Waals surface area contributed by atoms with E-state index in [1.54, 1.807) is 6.07 Å². The van der Waals surface area contributed by atoms with Crippen molar-refractivity contribution >= 4 is 36.6 Å². The van der Waals surface area contributed by atoms with Crippen molar-refractivity contribution in [2.75, 3.05) is 17.2 Å². The molecule has 2 amide bonds. The summed E-state index contributed by atoms with van der Waals surface area (Å²) in [6, 6.07) is 43.0. The summed E-state index contributed by atoms with van der Waals surface area (Å²) < 4.78 is 13.4. The van der Waals surface area contributed by atoms with E-state index >= 15 is 0 Å². The molecule has 8 nitrogen and oxygen atoms in total. The van der Waals surface area contributed by atoms with Crippen LogP contribution in [0.15, 0.2) is 138 Å². The van der Waals surface area contributed by atoms with Crippen LogP contribution in [0.4, 0.5) is 16.2 Å². The zero-order valence-electron chi connectivity index (χ0n) is 32.6. The largest absolute Gasteiger partial charge is 0.487 e. The van der Waals surface area contributed by atoms with Crippen LogP contribution in [0.25, 0.3) is 22.0 Å².